The summed E-state index contributed by atoms with van der Waals surface area (Å²) in [7, 11) is 0. The first kappa shape index (κ1) is 20.6. The summed E-state index contributed by atoms with van der Waals surface area (Å²) < 4.78 is 0. The Balaban J connectivity index is 3.52. The molecule has 0 aliphatic heterocycles. The average molecular weight is 308 g/mol. The summed E-state index contributed by atoms with van der Waals surface area (Å²) >= 11 is 0. The Morgan fingerprint density at radius 3 is 2.27 bits per heavy atom. The fourth-order valence-corrected chi connectivity index (χ4v) is 2.29. The van der Waals surface area contributed by atoms with Crippen molar-refractivity contribution >= 4 is 12.3 Å². The molecule has 0 spiro atoms. The molecule has 3 nitrogen and oxygen atoms in total. The Morgan fingerprint density at radius 1 is 0.909 bits per heavy atom. The first-order valence-electron chi connectivity index (χ1n) is 8.71. The highest BCUT2D eigenvalue weighted by Gasteiger charge is 1.96. The topological polar surface area (TPSA) is 54.4 Å². The van der Waals surface area contributed by atoms with Gasteiger partial charge in [-0.3, -0.25) is 9.59 Å². The summed E-state index contributed by atoms with van der Waals surface area (Å²) in [6.45, 7) is 2.17. The summed E-state index contributed by atoms with van der Waals surface area (Å²) in [6.07, 6.45) is 19.2. The second-order valence-corrected chi connectivity index (χ2v) is 5.76. The predicted molar refractivity (Wildman–Crippen MR) is 92.0 cm³/mol. The van der Waals surface area contributed by atoms with Gasteiger partial charge in [-0.25, -0.2) is 0 Å². The van der Waals surface area contributed by atoms with Crippen molar-refractivity contribution in [3.05, 3.63) is 23.8 Å². The first-order valence-corrected chi connectivity index (χ1v) is 8.71. The van der Waals surface area contributed by atoms with Crippen LogP contribution in [-0.4, -0.2) is 17.4 Å². The van der Waals surface area contributed by atoms with E-state index in [2.05, 4.69) is 19.1 Å². The van der Waals surface area contributed by atoms with Crippen molar-refractivity contribution in [2.45, 2.75) is 84.0 Å². The van der Waals surface area contributed by atoms with E-state index in [4.69, 9.17) is 5.11 Å². The second-order valence-electron chi connectivity index (χ2n) is 5.76. The van der Waals surface area contributed by atoms with E-state index in [1.54, 1.807) is 0 Å². The third-order valence-corrected chi connectivity index (χ3v) is 3.66. The fourth-order valence-electron chi connectivity index (χ4n) is 2.29. The maximum Gasteiger partial charge on any atom is 0.303 e. The maximum atomic E-state index is 10.9. The van der Waals surface area contributed by atoms with E-state index in [1.165, 1.54) is 12.8 Å². The van der Waals surface area contributed by atoms with Crippen molar-refractivity contribution in [1.29, 1.82) is 0 Å². The molecule has 0 atom stereocenters. The van der Waals surface area contributed by atoms with Gasteiger partial charge in [0.1, 0.15) is 6.29 Å². The number of carboxylic acid groups (broad SMARTS) is 1. The molecule has 1 N–H and O–H groups in total. The lowest BCUT2D eigenvalue weighted by Gasteiger charge is -1.99. The molecular weight excluding hydrogens is 276 g/mol. The van der Waals surface area contributed by atoms with Gasteiger partial charge in [-0.15, -0.1) is 0 Å². The van der Waals surface area contributed by atoms with Crippen molar-refractivity contribution in [1.82, 2.24) is 0 Å². The third-order valence-electron chi connectivity index (χ3n) is 3.66. The van der Waals surface area contributed by atoms with Gasteiger partial charge in [-0.05, 0) is 44.1 Å². The molecule has 0 amide bonds. The van der Waals surface area contributed by atoms with E-state index in [1.807, 2.05) is 6.08 Å². The lowest BCUT2D eigenvalue weighted by molar-refractivity contribution is -0.137. The molecule has 0 unspecified atom stereocenters. The maximum absolute atomic E-state index is 10.9. The lowest BCUT2D eigenvalue weighted by atomic mass is 10.1. The lowest BCUT2D eigenvalue weighted by Crippen LogP contribution is -1.93. The van der Waals surface area contributed by atoms with Crippen LogP contribution in [-0.2, 0) is 9.59 Å². The van der Waals surface area contributed by atoms with Crippen molar-refractivity contribution in [2.24, 2.45) is 0 Å². The zero-order valence-corrected chi connectivity index (χ0v) is 14.1. The van der Waals surface area contributed by atoms with Crippen LogP contribution in [0.2, 0.25) is 0 Å². The number of aliphatic carboxylic acids is 1. The minimum atomic E-state index is -0.694. The zero-order chi connectivity index (χ0) is 16.5. The zero-order valence-electron chi connectivity index (χ0n) is 14.1. The highest BCUT2D eigenvalue weighted by molar-refractivity contribution is 5.73. The average Bonchev–Trinajstić information content (AvgIpc) is 2.50. The van der Waals surface area contributed by atoms with Crippen molar-refractivity contribution in [3.8, 4) is 0 Å². The summed E-state index contributed by atoms with van der Waals surface area (Å²) in [5, 5.41) is 8.52. The molecule has 0 heterocycles. The van der Waals surface area contributed by atoms with Gasteiger partial charge in [0.25, 0.3) is 0 Å². The number of carbonyl (C=O) groups is 2. The van der Waals surface area contributed by atoms with Crippen molar-refractivity contribution < 1.29 is 14.7 Å². The van der Waals surface area contributed by atoms with Crippen LogP contribution in [0.25, 0.3) is 0 Å². The number of carbonyl (C=O) groups excluding carboxylic acids is 1. The minimum absolute atomic E-state index is 0.295. The van der Waals surface area contributed by atoms with Crippen LogP contribution >= 0.6 is 0 Å². The Kier molecular flexibility index (Phi) is 15.0. The molecule has 3 heteroatoms. The van der Waals surface area contributed by atoms with Crippen molar-refractivity contribution in [3.63, 3.8) is 0 Å². The first-order chi connectivity index (χ1) is 10.7. The van der Waals surface area contributed by atoms with Gasteiger partial charge in [0.05, 0.1) is 0 Å². The largest absolute Gasteiger partial charge is 0.481 e. The van der Waals surface area contributed by atoms with Gasteiger partial charge in [0.2, 0.25) is 0 Å². The Labute approximate surface area is 135 Å². The van der Waals surface area contributed by atoms with Gasteiger partial charge in [-0.2, -0.15) is 0 Å². The van der Waals surface area contributed by atoms with E-state index in [9.17, 15) is 9.59 Å². The third kappa shape index (κ3) is 15.0. The molecule has 0 saturated heterocycles. The molecule has 0 aromatic heterocycles. The molecule has 0 rings (SSSR count). The molecule has 0 aliphatic rings. The quantitative estimate of drug-likeness (QED) is 0.189. The van der Waals surface area contributed by atoms with Gasteiger partial charge < -0.3 is 5.11 Å². The molecule has 0 aliphatic carbocycles. The highest BCUT2D eigenvalue weighted by Crippen LogP contribution is 2.09. The van der Waals surface area contributed by atoms with E-state index in [-0.39, 0.29) is 0 Å². The Hall–Kier alpha value is -1.38. The Bertz CT molecular complexity index is 343. The van der Waals surface area contributed by atoms with E-state index in [0.29, 0.717) is 6.42 Å². The van der Waals surface area contributed by atoms with Crippen LogP contribution in [0, 0.1) is 0 Å². The number of allylic oxidation sites excluding steroid dienone is 4. The molecule has 0 saturated carbocycles. The van der Waals surface area contributed by atoms with Crippen molar-refractivity contribution in [2.75, 3.05) is 0 Å². The summed E-state index contributed by atoms with van der Waals surface area (Å²) in [6, 6.07) is 0. The summed E-state index contributed by atoms with van der Waals surface area (Å²) in [5.74, 6) is -0.694. The predicted octanol–water partition coefficient (Wildman–Crippen LogP) is 5.45. The number of unbranched alkanes of at least 4 members (excludes halogenated alkanes) is 7. The van der Waals surface area contributed by atoms with E-state index in [0.717, 1.165) is 69.6 Å². The normalized spacial score (nSPS) is 12.0. The second kappa shape index (κ2) is 16.0. The monoisotopic (exact) mass is 308 g/mol. The molecule has 0 radical (unpaired) electrons. The smallest absolute Gasteiger partial charge is 0.303 e. The SMILES string of the molecule is CCCCC/C(C=O)=C\C/C=C\CCCCCCCC(=O)O. The molecular formula is C19H32O3. The van der Waals surface area contributed by atoms with E-state index < -0.39 is 5.97 Å². The molecule has 0 fully saturated rings. The van der Waals surface area contributed by atoms with Gasteiger partial charge in [0.15, 0.2) is 0 Å². The minimum Gasteiger partial charge on any atom is -0.481 e. The number of hydrogen-bond donors (Lipinski definition) is 1. The molecule has 126 valence electrons. The fraction of sp³-hybridized carbons (Fsp3) is 0.684. The molecule has 0 aromatic rings. The Morgan fingerprint density at radius 2 is 1.59 bits per heavy atom. The van der Waals surface area contributed by atoms with Gasteiger partial charge >= 0.3 is 5.97 Å². The van der Waals surface area contributed by atoms with Crippen LogP contribution in [0.4, 0.5) is 0 Å². The van der Waals surface area contributed by atoms with Crippen LogP contribution in [0.5, 0.6) is 0 Å². The van der Waals surface area contributed by atoms with Crippen LogP contribution < -0.4 is 0 Å². The summed E-state index contributed by atoms with van der Waals surface area (Å²) in [4.78, 5) is 21.2. The number of carboxylic acids is 1. The number of aldehydes is 1. The van der Waals surface area contributed by atoms with Gasteiger partial charge in [-0.1, -0.05) is 57.3 Å². The van der Waals surface area contributed by atoms with Crippen LogP contribution in [0.3, 0.4) is 0 Å². The standard InChI is InChI=1S/C19H32O3/c1-2-3-11-14-18(17-20)15-12-9-7-5-4-6-8-10-13-16-19(21)22/h7,9,15,17H,2-6,8,10-14,16H2,1H3,(H,21,22)/b9-7-,18-15+. The molecule has 0 aromatic carbocycles. The number of hydrogen-bond acceptors (Lipinski definition) is 2. The van der Waals surface area contributed by atoms with Crippen LogP contribution in [0.15, 0.2) is 23.8 Å². The highest BCUT2D eigenvalue weighted by atomic mass is 16.4. The van der Waals surface area contributed by atoms with Crippen LogP contribution in [0.1, 0.15) is 84.0 Å². The molecule has 22 heavy (non-hydrogen) atoms. The van der Waals surface area contributed by atoms with Gasteiger partial charge in [0, 0.05) is 6.42 Å². The van der Waals surface area contributed by atoms with E-state index >= 15 is 0 Å². The molecule has 0 bridgehead atoms. The number of rotatable bonds is 15. The summed E-state index contributed by atoms with van der Waals surface area (Å²) in [5.41, 5.74) is 0.927.